The van der Waals surface area contributed by atoms with Crippen LogP contribution in [0.4, 0.5) is 0 Å². The van der Waals surface area contributed by atoms with Gasteiger partial charge in [0.2, 0.25) is 5.91 Å². The molecule has 1 aliphatic heterocycles. The van der Waals surface area contributed by atoms with E-state index in [-0.39, 0.29) is 12.5 Å². The first-order valence-electron chi connectivity index (χ1n) is 32.9. The number of allylic oxidation sites excluding steroid dienone is 27. The number of hydrogen-bond donors (Lipinski definition) is 6. The molecule has 1 heterocycles. The smallest absolute Gasteiger partial charge is 0.220 e. The normalized spacial score (nSPS) is 19.4. The van der Waals surface area contributed by atoms with Crippen LogP contribution in [-0.2, 0) is 14.3 Å². The zero-order chi connectivity index (χ0) is 60.0. The molecule has 1 aliphatic rings. The van der Waals surface area contributed by atoms with E-state index < -0.39 is 49.5 Å². The third kappa shape index (κ3) is 49.5. The minimum Gasteiger partial charge on any atom is -0.394 e. The van der Waals surface area contributed by atoms with Gasteiger partial charge in [0.15, 0.2) is 6.29 Å². The Bertz CT molecular complexity index is 1910. The van der Waals surface area contributed by atoms with Gasteiger partial charge in [-0.25, -0.2) is 0 Å². The van der Waals surface area contributed by atoms with Crippen LogP contribution in [0.2, 0.25) is 0 Å². The molecule has 1 saturated heterocycles. The molecule has 1 rings (SSSR count). The first-order chi connectivity index (χ1) is 40.8. The summed E-state index contributed by atoms with van der Waals surface area (Å²) in [4.78, 5) is 13.1. The van der Waals surface area contributed by atoms with E-state index in [9.17, 15) is 30.3 Å². The van der Waals surface area contributed by atoms with E-state index in [4.69, 9.17) is 9.47 Å². The molecular formula is C74H119NO8. The van der Waals surface area contributed by atoms with E-state index in [1.54, 1.807) is 6.08 Å². The molecule has 0 aromatic rings. The van der Waals surface area contributed by atoms with Gasteiger partial charge in [-0.15, -0.1) is 0 Å². The molecule has 0 spiro atoms. The van der Waals surface area contributed by atoms with E-state index in [0.29, 0.717) is 19.3 Å². The highest BCUT2D eigenvalue weighted by molar-refractivity contribution is 5.76. The third-order valence-corrected chi connectivity index (χ3v) is 14.3. The lowest BCUT2D eigenvalue weighted by Gasteiger charge is -2.40. The SMILES string of the molecule is CC/C=C\C/C=C\C/C=C\C/C=C\C/C=C\C/C=C\C/C=C\C/C=C\C/C=C\C/C=C\C/C=C\CCCCCCCC(=O)NC(COC1OC(CO)C(O)C(O)C1O)C(O)/C=C/CC/C=C/CC/C=C/CCCCCCCCCCCCC. The Kier molecular flexibility index (Phi) is 56.0. The Morgan fingerprint density at radius 2 is 0.759 bits per heavy atom. The van der Waals surface area contributed by atoms with Gasteiger partial charge in [0, 0.05) is 6.42 Å². The van der Waals surface area contributed by atoms with Gasteiger partial charge in [-0.1, -0.05) is 267 Å². The van der Waals surface area contributed by atoms with Gasteiger partial charge in [-0.05, 0) is 128 Å². The van der Waals surface area contributed by atoms with Crippen molar-refractivity contribution in [1.82, 2.24) is 5.32 Å². The van der Waals surface area contributed by atoms with Crippen molar-refractivity contribution in [2.75, 3.05) is 13.2 Å². The van der Waals surface area contributed by atoms with E-state index in [1.165, 1.54) is 70.6 Å². The number of aliphatic hydroxyl groups excluding tert-OH is 5. The monoisotopic (exact) mass is 1150 g/mol. The van der Waals surface area contributed by atoms with Crippen LogP contribution >= 0.6 is 0 Å². The van der Waals surface area contributed by atoms with Crippen molar-refractivity contribution in [3.8, 4) is 0 Å². The number of rotatable bonds is 54. The van der Waals surface area contributed by atoms with Crippen LogP contribution in [0, 0.1) is 0 Å². The van der Waals surface area contributed by atoms with E-state index in [1.807, 2.05) is 6.08 Å². The molecule has 7 atom stereocenters. The zero-order valence-electron chi connectivity index (χ0n) is 52.1. The van der Waals surface area contributed by atoms with Crippen molar-refractivity contribution in [1.29, 1.82) is 0 Å². The summed E-state index contributed by atoms with van der Waals surface area (Å²) in [6, 6.07) is -0.853. The second-order valence-corrected chi connectivity index (χ2v) is 21.8. The fourth-order valence-corrected chi connectivity index (χ4v) is 9.13. The molecule has 0 radical (unpaired) electrons. The second-order valence-electron chi connectivity index (χ2n) is 21.8. The first-order valence-corrected chi connectivity index (χ1v) is 32.9. The summed E-state index contributed by atoms with van der Waals surface area (Å²) in [7, 11) is 0. The number of hydrogen-bond acceptors (Lipinski definition) is 8. The minimum absolute atomic E-state index is 0.216. The molecule has 9 heteroatoms. The molecule has 83 heavy (non-hydrogen) atoms. The molecule has 1 amide bonds. The van der Waals surface area contributed by atoms with Crippen LogP contribution in [0.3, 0.4) is 0 Å². The summed E-state index contributed by atoms with van der Waals surface area (Å²) in [5, 5.41) is 54.6. The van der Waals surface area contributed by atoms with Gasteiger partial charge in [-0.2, -0.15) is 0 Å². The molecule has 0 saturated carbocycles. The number of unbranched alkanes of at least 4 members (excludes halogenated alkanes) is 18. The Balaban J connectivity index is 2.23. The molecule has 6 N–H and O–H groups in total. The molecule has 0 bridgehead atoms. The van der Waals surface area contributed by atoms with Crippen LogP contribution in [0.1, 0.15) is 232 Å². The lowest BCUT2D eigenvalue weighted by molar-refractivity contribution is -0.302. The van der Waals surface area contributed by atoms with Crippen molar-refractivity contribution in [3.05, 3.63) is 170 Å². The molecule has 0 aromatic carbocycles. The average Bonchev–Trinajstić information content (AvgIpc) is 3.60. The van der Waals surface area contributed by atoms with Crippen molar-refractivity contribution in [3.63, 3.8) is 0 Å². The van der Waals surface area contributed by atoms with Gasteiger partial charge in [0.05, 0.1) is 25.4 Å². The van der Waals surface area contributed by atoms with Crippen molar-refractivity contribution in [2.45, 2.75) is 275 Å². The largest absolute Gasteiger partial charge is 0.394 e. The Morgan fingerprint density at radius 1 is 0.422 bits per heavy atom. The lowest BCUT2D eigenvalue weighted by Crippen LogP contribution is -2.60. The highest BCUT2D eigenvalue weighted by Crippen LogP contribution is 2.23. The predicted octanol–water partition coefficient (Wildman–Crippen LogP) is 17.7. The second kappa shape index (κ2) is 60.7. The summed E-state index contributed by atoms with van der Waals surface area (Å²) in [6.07, 6.45) is 90.0. The maximum atomic E-state index is 13.1. The van der Waals surface area contributed by atoms with Crippen LogP contribution < -0.4 is 5.32 Å². The fourth-order valence-electron chi connectivity index (χ4n) is 9.13. The third-order valence-electron chi connectivity index (χ3n) is 14.3. The molecule has 468 valence electrons. The standard InChI is InChI=1S/C74H119NO8/c1-3-5-7-9-11-13-15-17-19-21-23-25-26-27-28-29-30-31-32-33-34-35-36-37-38-39-40-41-42-44-46-48-50-52-54-56-58-60-62-64-70(78)75-67(66-82-74-73(81)72(80)71(79)69(65-76)83-74)68(77)63-61-59-57-55-53-51-49-47-45-43-24-22-20-18-16-14-12-10-8-6-4-2/h5,7,11,13,17,19,23,25,27-28,30-31,33-34,36-37,39-40,42,44-45,47-48,50,53,55,61,63,67-69,71-74,76-77,79-81H,3-4,6,8-10,12,14-16,18,20-22,24,26,29,32,35,38,41,43,46,49,51-52,54,56-60,62,64-66H2,1-2H3,(H,75,78)/b7-5-,13-11-,19-17-,25-23-,28-27-,31-30-,34-33-,37-36-,40-39-,44-42-,47-45+,50-48-,55-53+,63-61+. The van der Waals surface area contributed by atoms with Gasteiger partial charge in [0.25, 0.3) is 0 Å². The number of carbonyl (C=O) groups excluding carboxylic acids is 1. The highest BCUT2D eigenvalue weighted by Gasteiger charge is 2.44. The fraction of sp³-hybridized carbons (Fsp3) is 0.608. The maximum absolute atomic E-state index is 13.1. The number of amides is 1. The number of carbonyl (C=O) groups is 1. The van der Waals surface area contributed by atoms with Gasteiger partial charge >= 0.3 is 0 Å². The van der Waals surface area contributed by atoms with Crippen molar-refractivity contribution in [2.24, 2.45) is 0 Å². The maximum Gasteiger partial charge on any atom is 0.220 e. The van der Waals surface area contributed by atoms with E-state index >= 15 is 0 Å². The zero-order valence-corrected chi connectivity index (χ0v) is 52.1. The number of ether oxygens (including phenoxy) is 2. The molecule has 0 aliphatic carbocycles. The molecule has 0 aromatic heterocycles. The molecule has 9 nitrogen and oxygen atoms in total. The highest BCUT2D eigenvalue weighted by atomic mass is 16.7. The quantitative estimate of drug-likeness (QED) is 0.0261. The van der Waals surface area contributed by atoms with Crippen LogP contribution in [0.15, 0.2) is 170 Å². The van der Waals surface area contributed by atoms with E-state index in [2.05, 4.69) is 177 Å². The summed E-state index contributed by atoms with van der Waals surface area (Å²) in [5.41, 5.74) is 0. The number of aliphatic hydroxyl groups is 5. The van der Waals surface area contributed by atoms with Crippen LogP contribution in [0.5, 0.6) is 0 Å². The first kappa shape index (κ1) is 76.6. The minimum atomic E-state index is -1.59. The van der Waals surface area contributed by atoms with Crippen LogP contribution in [0.25, 0.3) is 0 Å². The van der Waals surface area contributed by atoms with Crippen molar-refractivity contribution >= 4 is 5.91 Å². The number of nitrogens with one attached hydrogen (secondary N) is 1. The van der Waals surface area contributed by atoms with Gasteiger partial charge in [0.1, 0.15) is 24.4 Å². The topological polar surface area (TPSA) is 149 Å². The predicted molar refractivity (Wildman–Crippen MR) is 354 cm³/mol. The Morgan fingerprint density at radius 3 is 1.16 bits per heavy atom. The molecular weight excluding hydrogens is 1030 g/mol. The summed E-state index contributed by atoms with van der Waals surface area (Å²) >= 11 is 0. The lowest BCUT2D eigenvalue weighted by atomic mass is 9.99. The van der Waals surface area contributed by atoms with Crippen molar-refractivity contribution < 1.29 is 39.8 Å². The average molecular weight is 1150 g/mol. The summed E-state index contributed by atoms with van der Waals surface area (Å²) in [6.45, 7) is 3.62. The molecule has 7 unspecified atom stereocenters. The Labute approximate surface area is 507 Å². The summed E-state index contributed by atoms with van der Waals surface area (Å²) in [5.74, 6) is -0.216. The Hall–Kier alpha value is -4.45. The van der Waals surface area contributed by atoms with E-state index in [0.717, 1.165) is 128 Å². The summed E-state index contributed by atoms with van der Waals surface area (Å²) < 4.78 is 11.3. The molecule has 1 fully saturated rings. The van der Waals surface area contributed by atoms with Gasteiger partial charge in [-0.3, -0.25) is 4.79 Å². The van der Waals surface area contributed by atoms with Crippen LogP contribution in [-0.4, -0.2) is 87.5 Å². The van der Waals surface area contributed by atoms with Gasteiger partial charge < -0.3 is 40.3 Å².